The third-order valence-corrected chi connectivity index (χ3v) is 6.30. The predicted octanol–water partition coefficient (Wildman–Crippen LogP) is 6.12. The molecule has 0 aromatic heterocycles. The summed E-state index contributed by atoms with van der Waals surface area (Å²) in [6.45, 7) is 1.92. The summed E-state index contributed by atoms with van der Waals surface area (Å²) in [5.41, 5.74) is 10.6. The highest BCUT2D eigenvalue weighted by molar-refractivity contribution is 5.96. The second-order valence-electron chi connectivity index (χ2n) is 8.72. The Morgan fingerprint density at radius 2 is 1.79 bits per heavy atom. The van der Waals surface area contributed by atoms with Crippen LogP contribution in [0.5, 0.6) is 0 Å². The first kappa shape index (κ1) is 22.7. The molecule has 1 fully saturated rings. The van der Waals surface area contributed by atoms with Crippen LogP contribution in [0, 0.1) is 5.92 Å². The summed E-state index contributed by atoms with van der Waals surface area (Å²) >= 11 is 0. The van der Waals surface area contributed by atoms with Crippen LogP contribution >= 0.6 is 0 Å². The predicted molar refractivity (Wildman–Crippen MR) is 141 cm³/mol. The number of amidine groups is 1. The van der Waals surface area contributed by atoms with Crippen LogP contribution in [0.15, 0.2) is 107 Å². The molecular weight excluding hydrogens is 404 g/mol. The lowest BCUT2D eigenvalue weighted by Crippen LogP contribution is -2.52. The summed E-state index contributed by atoms with van der Waals surface area (Å²) in [5, 5.41) is 3.24. The zero-order valence-electron chi connectivity index (χ0n) is 19.2. The molecule has 0 amide bonds. The van der Waals surface area contributed by atoms with E-state index < -0.39 is 0 Å². The second kappa shape index (κ2) is 10.9. The van der Waals surface area contributed by atoms with Crippen molar-refractivity contribution in [3.05, 3.63) is 108 Å². The van der Waals surface area contributed by atoms with Gasteiger partial charge in [-0.1, -0.05) is 78.9 Å². The molecule has 0 bridgehead atoms. The molecule has 0 radical (unpaired) electrons. The fourth-order valence-electron chi connectivity index (χ4n) is 4.11. The van der Waals surface area contributed by atoms with Crippen LogP contribution in [0.2, 0.25) is 0 Å². The molecule has 3 N–H and O–H groups in total. The van der Waals surface area contributed by atoms with Crippen LogP contribution in [0.3, 0.4) is 0 Å². The molecule has 0 saturated heterocycles. The van der Waals surface area contributed by atoms with Gasteiger partial charge in [0.1, 0.15) is 5.84 Å². The van der Waals surface area contributed by atoms with Crippen LogP contribution in [-0.2, 0) is 0 Å². The Hall–Kier alpha value is -3.50. The Morgan fingerprint density at radius 1 is 1.06 bits per heavy atom. The maximum Gasteiger partial charge on any atom is 0.125 e. The average Bonchev–Trinajstić information content (AvgIpc) is 2.84. The number of benzene rings is 2. The molecule has 168 valence electrons. The number of rotatable bonds is 7. The van der Waals surface area contributed by atoms with E-state index in [4.69, 9.17) is 10.7 Å². The molecule has 2 aromatic carbocycles. The number of nitrogens with zero attached hydrogens (tertiary/aromatic N) is 2. The van der Waals surface area contributed by atoms with Crippen molar-refractivity contribution in [2.24, 2.45) is 21.6 Å². The van der Waals surface area contributed by atoms with E-state index >= 15 is 0 Å². The molecule has 0 spiro atoms. The van der Waals surface area contributed by atoms with Gasteiger partial charge in [-0.05, 0) is 55.7 Å². The average molecular weight is 437 g/mol. The number of hydrogen-bond acceptors (Lipinski definition) is 3. The Labute approximate surface area is 197 Å². The van der Waals surface area contributed by atoms with Gasteiger partial charge in [-0.15, -0.1) is 0 Å². The van der Waals surface area contributed by atoms with E-state index in [1.165, 1.54) is 6.42 Å². The van der Waals surface area contributed by atoms with Crippen molar-refractivity contribution in [1.29, 1.82) is 0 Å². The van der Waals surface area contributed by atoms with Crippen LogP contribution in [0.25, 0.3) is 11.8 Å². The number of hydrogen-bond donors (Lipinski definition) is 2. The van der Waals surface area contributed by atoms with Crippen molar-refractivity contribution < 1.29 is 0 Å². The summed E-state index contributed by atoms with van der Waals surface area (Å²) in [6, 6.07) is 20.3. The molecular formula is C29H32N4. The van der Waals surface area contributed by atoms with E-state index in [9.17, 15) is 0 Å². The lowest BCUT2D eigenvalue weighted by molar-refractivity contribution is 0.183. The summed E-state index contributed by atoms with van der Waals surface area (Å²) in [7, 11) is 0. The monoisotopic (exact) mass is 436 g/mol. The van der Waals surface area contributed by atoms with Crippen molar-refractivity contribution in [2.75, 3.05) is 0 Å². The van der Waals surface area contributed by atoms with Crippen molar-refractivity contribution in [3.63, 3.8) is 0 Å². The van der Waals surface area contributed by atoms with Crippen LogP contribution < -0.4 is 11.1 Å². The zero-order valence-corrected chi connectivity index (χ0v) is 19.2. The van der Waals surface area contributed by atoms with Gasteiger partial charge >= 0.3 is 0 Å². The highest BCUT2D eigenvalue weighted by Gasteiger charge is 2.38. The summed E-state index contributed by atoms with van der Waals surface area (Å²) < 4.78 is 0. The minimum atomic E-state index is 0.00435. The smallest absolute Gasteiger partial charge is 0.125 e. The maximum absolute atomic E-state index is 6.49. The van der Waals surface area contributed by atoms with Crippen LogP contribution in [0.4, 0.5) is 0 Å². The van der Waals surface area contributed by atoms with E-state index in [2.05, 4.69) is 40.7 Å². The Balaban J connectivity index is 1.43. The van der Waals surface area contributed by atoms with Crippen LogP contribution in [-0.4, -0.2) is 17.6 Å². The highest BCUT2D eigenvalue weighted by Crippen LogP contribution is 2.39. The largest absolute Gasteiger partial charge is 0.366 e. The van der Waals surface area contributed by atoms with Gasteiger partial charge in [-0.3, -0.25) is 0 Å². The third kappa shape index (κ3) is 6.27. The molecule has 2 aliphatic rings. The first-order valence-corrected chi connectivity index (χ1v) is 11.6. The molecule has 0 aliphatic heterocycles. The van der Waals surface area contributed by atoms with Gasteiger partial charge in [0.05, 0.1) is 5.70 Å². The first-order valence-electron chi connectivity index (χ1n) is 11.6. The Bertz CT molecular complexity index is 1100. The maximum atomic E-state index is 6.49. The number of nitrogens with two attached hydrogens (primary N) is 1. The SMILES string of the molecule is CC(N=CC1=CCC(C2(N)CCC2)C=C1)=N/C(=C\N/C=C/c1ccccc1)c1ccccc1. The fraction of sp³-hybridized carbons (Fsp3) is 0.241. The number of nitrogens with one attached hydrogen (secondary N) is 1. The fourth-order valence-corrected chi connectivity index (χ4v) is 4.11. The van der Waals surface area contributed by atoms with Gasteiger partial charge in [0.25, 0.3) is 0 Å². The summed E-state index contributed by atoms with van der Waals surface area (Å²) in [6.07, 6.45) is 18.9. The Morgan fingerprint density at radius 3 is 2.42 bits per heavy atom. The van der Waals surface area contributed by atoms with E-state index in [-0.39, 0.29) is 5.54 Å². The quantitative estimate of drug-likeness (QED) is 0.406. The second-order valence-corrected chi connectivity index (χ2v) is 8.72. The van der Waals surface area contributed by atoms with Crippen molar-refractivity contribution in [3.8, 4) is 0 Å². The van der Waals surface area contributed by atoms with E-state index in [0.717, 1.165) is 41.7 Å². The normalized spacial score (nSPS) is 20.7. The molecule has 0 heterocycles. The third-order valence-electron chi connectivity index (χ3n) is 6.30. The molecule has 4 nitrogen and oxygen atoms in total. The molecule has 1 atom stereocenters. The topological polar surface area (TPSA) is 62.8 Å². The lowest BCUT2D eigenvalue weighted by atomic mass is 9.67. The lowest BCUT2D eigenvalue weighted by Gasteiger charge is -2.44. The molecule has 4 rings (SSSR count). The minimum absolute atomic E-state index is 0.00435. The molecule has 2 aromatic rings. The van der Waals surface area contributed by atoms with Gasteiger partial charge in [-0.2, -0.15) is 0 Å². The van der Waals surface area contributed by atoms with Gasteiger partial charge in [0.2, 0.25) is 0 Å². The molecule has 2 aliphatic carbocycles. The van der Waals surface area contributed by atoms with Gasteiger partial charge in [0, 0.05) is 29.7 Å². The minimum Gasteiger partial charge on any atom is -0.366 e. The van der Waals surface area contributed by atoms with Crippen molar-refractivity contribution in [2.45, 2.75) is 38.1 Å². The molecule has 1 unspecified atom stereocenters. The van der Waals surface area contributed by atoms with Gasteiger partial charge in [0.15, 0.2) is 0 Å². The van der Waals surface area contributed by atoms with E-state index in [0.29, 0.717) is 11.8 Å². The summed E-state index contributed by atoms with van der Waals surface area (Å²) in [5.74, 6) is 1.14. The standard InChI is InChI=1S/C29H32N4/c1-23(32-21-25-13-15-27(16-14-25)29(30)18-8-19-29)33-28(26-11-6-3-7-12-26)22-31-20-17-24-9-4-2-5-10-24/h2-7,9-15,17,20-22,27,31H,8,16,18-19,30H2,1H3/b20-17+,28-22-,32-21?,33-23?. The van der Waals surface area contributed by atoms with Gasteiger partial charge < -0.3 is 11.1 Å². The van der Waals surface area contributed by atoms with E-state index in [1.807, 2.05) is 80.1 Å². The summed E-state index contributed by atoms with van der Waals surface area (Å²) in [4.78, 5) is 9.36. The molecule has 4 heteroatoms. The van der Waals surface area contributed by atoms with E-state index in [1.54, 1.807) is 0 Å². The highest BCUT2D eigenvalue weighted by atomic mass is 14.9. The number of allylic oxidation sites excluding steroid dienone is 3. The molecule has 1 saturated carbocycles. The van der Waals surface area contributed by atoms with Crippen molar-refractivity contribution in [1.82, 2.24) is 5.32 Å². The molecule has 33 heavy (non-hydrogen) atoms. The Kier molecular flexibility index (Phi) is 7.48. The van der Waals surface area contributed by atoms with Crippen LogP contribution in [0.1, 0.15) is 43.7 Å². The number of aliphatic imine (C=N–C) groups is 2. The van der Waals surface area contributed by atoms with Crippen molar-refractivity contribution >= 4 is 23.8 Å². The first-order chi connectivity index (χ1) is 16.1. The van der Waals surface area contributed by atoms with Gasteiger partial charge in [-0.25, -0.2) is 9.98 Å². The zero-order chi connectivity index (χ0) is 22.9.